The summed E-state index contributed by atoms with van der Waals surface area (Å²) in [6.07, 6.45) is 41.0. The van der Waals surface area contributed by atoms with E-state index >= 15 is 0 Å². The van der Waals surface area contributed by atoms with E-state index < -0.39 is 55.4 Å². The lowest BCUT2D eigenvalue weighted by Crippen LogP contribution is -2.59. The van der Waals surface area contributed by atoms with E-state index in [1.165, 1.54) is 89.9 Å². The van der Waals surface area contributed by atoms with E-state index in [2.05, 4.69) is 74.6 Å². The average molecular weight is 833 g/mol. The fourth-order valence-electron chi connectivity index (χ4n) is 6.65. The van der Waals surface area contributed by atoms with Gasteiger partial charge in [-0.2, -0.15) is 0 Å². The first kappa shape index (κ1) is 54.4. The number of unbranched alkanes of at least 4 members (excludes halogenated alkanes) is 17. The summed E-state index contributed by atoms with van der Waals surface area (Å²) in [5, 5.41) is 40.1. The van der Waals surface area contributed by atoms with Gasteiger partial charge < -0.3 is 39.4 Å². The van der Waals surface area contributed by atoms with Gasteiger partial charge in [0.2, 0.25) is 0 Å². The smallest absolute Gasteiger partial charge is 0.306 e. The van der Waals surface area contributed by atoms with Crippen molar-refractivity contribution in [1.82, 2.24) is 0 Å². The quantitative estimate of drug-likeness (QED) is 0.0269. The summed E-state index contributed by atoms with van der Waals surface area (Å²) in [5.41, 5.74) is 0. The number of ether oxygens (including phenoxy) is 4. The number of esters is 2. The predicted molar refractivity (Wildman–Crippen MR) is 238 cm³/mol. The number of carbonyl (C=O) groups is 2. The molecule has 1 aliphatic heterocycles. The van der Waals surface area contributed by atoms with Gasteiger partial charge in [-0.15, -0.1) is 0 Å². The van der Waals surface area contributed by atoms with Crippen LogP contribution in [0.2, 0.25) is 0 Å². The van der Waals surface area contributed by atoms with E-state index in [0.29, 0.717) is 12.8 Å². The molecule has 0 spiro atoms. The maximum absolute atomic E-state index is 12.7. The Morgan fingerprint density at radius 2 is 0.966 bits per heavy atom. The number of hydrogen-bond donors (Lipinski definition) is 4. The van der Waals surface area contributed by atoms with Gasteiger partial charge in [-0.3, -0.25) is 9.59 Å². The standard InChI is InChI=1S/C49H84O10/c1-3-5-7-9-11-13-15-17-18-19-20-21-22-23-24-26-27-29-31-33-35-37-44(51)56-40-42(41-57-49-48(55)47(54)46(53)43(39-50)59-49)58-45(52)38-36-34-32-30-28-25-16-14-12-10-8-6-4-2/h18-19,21-22,24-26,28-29,31,42-43,46-50,53-55H,3-17,20,23,27,30,32-41H2,1-2H3/b19-18+,22-21+,26-24+,28-25+,31-29+/t42-,43-,46+,47?,48?,49-/m0/s1. The third kappa shape index (κ3) is 31.0. The second kappa shape index (κ2) is 39.5. The van der Waals surface area contributed by atoms with Crippen LogP contribution in [0.15, 0.2) is 60.8 Å². The van der Waals surface area contributed by atoms with Crippen molar-refractivity contribution in [3.8, 4) is 0 Å². The molecule has 0 amide bonds. The molecular weight excluding hydrogens is 749 g/mol. The Labute approximate surface area is 358 Å². The largest absolute Gasteiger partial charge is 0.462 e. The molecule has 1 rings (SSSR count). The number of aliphatic hydroxyl groups is 4. The van der Waals surface area contributed by atoms with E-state index in [1.54, 1.807) is 0 Å². The number of hydrogen-bond acceptors (Lipinski definition) is 10. The van der Waals surface area contributed by atoms with Gasteiger partial charge in [-0.25, -0.2) is 0 Å². The summed E-state index contributed by atoms with van der Waals surface area (Å²) in [6, 6.07) is 0. The molecule has 0 radical (unpaired) electrons. The molecule has 0 saturated carbocycles. The number of aliphatic hydroxyl groups excluding tert-OH is 4. The van der Waals surface area contributed by atoms with E-state index in [9.17, 15) is 30.0 Å². The van der Waals surface area contributed by atoms with Crippen molar-refractivity contribution in [2.45, 2.75) is 218 Å². The fraction of sp³-hybridized carbons (Fsp3) is 0.755. The maximum atomic E-state index is 12.7. The van der Waals surface area contributed by atoms with Gasteiger partial charge in [0.25, 0.3) is 0 Å². The van der Waals surface area contributed by atoms with Gasteiger partial charge in [0.15, 0.2) is 12.4 Å². The molecule has 1 fully saturated rings. The Bertz CT molecular complexity index is 1150. The molecule has 6 atom stereocenters. The highest BCUT2D eigenvalue weighted by Crippen LogP contribution is 2.22. The minimum atomic E-state index is -1.61. The molecule has 10 nitrogen and oxygen atoms in total. The van der Waals surface area contributed by atoms with Crippen LogP contribution in [0.1, 0.15) is 181 Å². The highest BCUT2D eigenvalue weighted by Gasteiger charge is 2.44. The molecule has 340 valence electrons. The Kier molecular flexibility index (Phi) is 36.5. The molecule has 1 aliphatic rings. The highest BCUT2D eigenvalue weighted by molar-refractivity contribution is 5.70. The average Bonchev–Trinajstić information content (AvgIpc) is 3.23. The zero-order valence-electron chi connectivity index (χ0n) is 37.0. The summed E-state index contributed by atoms with van der Waals surface area (Å²) in [6.45, 7) is 3.33. The maximum Gasteiger partial charge on any atom is 0.306 e. The Hall–Kier alpha value is -2.60. The molecular formula is C49H84O10. The van der Waals surface area contributed by atoms with Gasteiger partial charge in [0, 0.05) is 12.8 Å². The minimum absolute atomic E-state index is 0.195. The van der Waals surface area contributed by atoms with Crippen LogP contribution in [-0.2, 0) is 28.5 Å². The van der Waals surface area contributed by atoms with Crippen molar-refractivity contribution in [1.29, 1.82) is 0 Å². The molecule has 0 aliphatic carbocycles. The molecule has 0 aromatic heterocycles. The van der Waals surface area contributed by atoms with Crippen molar-refractivity contribution in [2.24, 2.45) is 0 Å². The van der Waals surface area contributed by atoms with Crippen LogP contribution >= 0.6 is 0 Å². The van der Waals surface area contributed by atoms with Crippen LogP contribution in [0.4, 0.5) is 0 Å². The molecule has 0 aromatic rings. The van der Waals surface area contributed by atoms with Crippen molar-refractivity contribution in [2.75, 3.05) is 19.8 Å². The van der Waals surface area contributed by atoms with Gasteiger partial charge in [0.05, 0.1) is 13.2 Å². The molecule has 4 N–H and O–H groups in total. The summed E-state index contributed by atoms with van der Waals surface area (Å²) >= 11 is 0. The number of carbonyl (C=O) groups excluding carboxylic acids is 2. The lowest BCUT2D eigenvalue weighted by Gasteiger charge is -2.39. The first-order valence-electron chi connectivity index (χ1n) is 23.4. The fourth-order valence-corrected chi connectivity index (χ4v) is 6.65. The van der Waals surface area contributed by atoms with Gasteiger partial charge in [-0.1, -0.05) is 152 Å². The summed E-state index contributed by atoms with van der Waals surface area (Å²) in [7, 11) is 0. The molecule has 59 heavy (non-hydrogen) atoms. The van der Waals surface area contributed by atoms with Crippen LogP contribution in [-0.4, -0.2) is 89.0 Å². The summed E-state index contributed by atoms with van der Waals surface area (Å²) in [4.78, 5) is 25.3. The third-order valence-corrected chi connectivity index (χ3v) is 10.4. The number of rotatable bonds is 38. The van der Waals surface area contributed by atoms with Crippen LogP contribution in [0.25, 0.3) is 0 Å². The zero-order valence-corrected chi connectivity index (χ0v) is 37.0. The van der Waals surface area contributed by atoms with Crippen molar-refractivity contribution in [3.63, 3.8) is 0 Å². The van der Waals surface area contributed by atoms with Crippen LogP contribution in [0.3, 0.4) is 0 Å². The normalized spacial score (nSPS) is 20.5. The topological polar surface area (TPSA) is 152 Å². The van der Waals surface area contributed by atoms with Gasteiger partial charge in [0.1, 0.15) is 31.0 Å². The van der Waals surface area contributed by atoms with Crippen molar-refractivity contribution < 1.29 is 49.0 Å². The van der Waals surface area contributed by atoms with E-state index in [1.807, 2.05) is 0 Å². The monoisotopic (exact) mass is 833 g/mol. The van der Waals surface area contributed by atoms with E-state index in [0.717, 1.165) is 51.4 Å². The first-order valence-corrected chi connectivity index (χ1v) is 23.4. The van der Waals surface area contributed by atoms with Crippen LogP contribution in [0, 0.1) is 0 Å². The number of allylic oxidation sites excluding steroid dienone is 10. The van der Waals surface area contributed by atoms with E-state index in [-0.39, 0.29) is 26.1 Å². The Morgan fingerprint density at radius 1 is 0.525 bits per heavy atom. The molecule has 1 heterocycles. The predicted octanol–water partition coefficient (Wildman–Crippen LogP) is 10.2. The molecule has 0 bridgehead atoms. The SMILES string of the molecule is CCCCCCCC/C=C/CCCCCC(=O)O[C@@H](COC(=O)CCC/C=C/C/C=C/C/C=C/C/C=C/CCCCCCCCC)CO[C@H]1O[C@@H](CO)[C@@H](O)C(O)C1O. The van der Waals surface area contributed by atoms with Crippen molar-refractivity contribution in [3.05, 3.63) is 60.8 Å². The molecule has 1 saturated heterocycles. The summed E-state index contributed by atoms with van der Waals surface area (Å²) in [5.74, 6) is -0.894. The van der Waals surface area contributed by atoms with E-state index in [4.69, 9.17) is 18.9 Å². The van der Waals surface area contributed by atoms with Gasteiger partial charge in [-0.05, 0) is 77.0 Å². The van der Waals surface area contributed by atoms with Gasteiger partial charge >= 0.3 is 11.9 Å². The second-order valence-electron chi connectivity index (χ2n) is 15.8. The lowest BCUT2D eigenvalue weighted by atomic mass is 9.99. The highest BCUT2D eigenvalue weighted by atomic mass is 16.7. The Morgan fingerprint density at radius 3 is 1.49 bits per heavy atom. The zero-order chi connectivity index (χ0) is 43.0. The molecule has 2 unspecified atom stereocenters. The van der Waals surface area contributed by atoms with Crippen LogP contribution in [0.5, 0.6) is 0 Å². The Balaban J connectivity index is 2.36. The second-order valence-corrected chi connectivity index (χ2v) is 15.8. The van der Waals surface area contributed by atoms with Crippen molar-refractivity contribution >= 4 is 11.9 Å². The van der Waals surface area contributed by atoms with Crippen LogP contribution < -0.4 is 0 Å². The summed E-state index contributed by atoms with van der Waals surface area (Å²) < 4.78 is 22.1. The lowest BCUT2D eigenvalue weighted by molar-refractivity contribution is -0.305. The first-order chi connectivity index (χ1) is 28.8. The third-order valence-electron chi connectivity index (χ3n) is 10.4. The molecule has 10 heteroatoms. The minimum Gasteiger partial charge on any atom is -0.462 e. The molecule has 0 aromatic carbocycles.